The van der Waals surface area contributed by atoms with Gasteiger partial charge in [0.2, 0.25) is 0 Å². The van der Waals surface area contributed by atoms with Crippen LogP contribution in [0.15, 0.2) is 47.5 Å². The predicted molar refractivity (Wildman–Crippen MR) is 92.7 cm³/mol. The normalized spacial score (nSPS) is 11.3. The number of nitrogens with two attached hydrogens (primary N) is 1. The molecule has 0 fully saturated rings. The van der Waals surface area contributed by atoms with Gasteiger partial charge < -0.3 is 15.8 Å². The number of nitrogens with zero attached hydrogens (tertiary/aromatic N) is 1. The maximum absolute atomic E-state index is 5.88. The standard InChI is InChI=1S/C18H23N3O/c1-13-5-4-6-17(11-13)22-10-9-20-18(19)21-16-8-7-14(2)15(3)12-16/h4-8,11-12H,9-10H2,1-3H3,(H3,19,20,21). The lowest BCUT2D eigenvalue weighted by molar-refractivity contribution is 0.328. The molecule has 2 rings (SSSR count). The average molecular weight is 297 g/mol. The van der Waals surface area contributed by atoms with Gasteiger partial charge in [0.1, 0.15) is 12.4 Å². The van der Waals surface area contributed by atoms with E-state index in [0.717, 1.165) is 11.4 Å². The van der Waals surface area contributed by atoms with Gasteiger partial charge in [-0.2, -0.15) is 0 Å². The highest BCUT2D eigenvalue weighted by Crippen LogP contribution is 2.14. The van der Waals surface area contributed by atoms with E-state index >= 15 is 0 Å². The third kappa shape index (κ3) is 4.81. The number of rotatable bonds is 5. The minimum Gasteiger partial charge on any atom is -0.492 e. The number of nitrogens with one attached hydrogen (secondary N) is 1. The molecule has 0 atom stereocenters. The molecule has 0 aromatic heterocycles. The molecule has 2 aromatic rings. The van der Waals surface area contributed by atoms with E-state index in [-0.39, 0.29) is 0 Å². The number of aliphatic imine (C=N–C) groups is 1. The summed E-state index contributed by atoms with van der Waals surface area (Å²) in [7, 11) is 0. The Morgan fingerprint density at radius 2 is 1.91 bits per heavy atom. The van der Waals surface area contributed by atoms with Gasteiger partial charge in [-0.1, -0.05) is 18.2 Å². The summed E-state index contributed by atoms with van der Waals surface area (Å²) in [4.78, 5) is 4.27. The fourth-order valence-corrected chi connectivity index (χ4v) is 2.04. The Morgan fingerprint density at radius 1 is 1.09 bits per heavy atom. The molecule has 0 bridgehead atoms. The van der Waals surface area contributed by atoms with E-state index in [9.17, 15) is 0 Å². The minimum atomic E-state index is 0.399. The molecule has 22 heavy (non-hydrogen) atoms. The summed E-state index contributed by atoms with van der Waals surface area (Å²) in [6.45, 7) is 7.20. The first-order valence-electron chi connectivity index (χ1n) is 7.38. The van der Waals surface area contributed by atoms with Crippen LogP contribution < -0.4 is 15.8 Å². The molecule has 0 saturated heterocycles. The number of benzene rings is 2. The van der Waals surface area contributed by atoms with Gasteiger partial charge in [0.25, 0.3) is 0 Å². The van der Waals surface area contributed by atoms with Crippen LogP contribution in [0.4, 0.5) is 5.69 Å². The lowest BCUT2D eigenvalue weighted by atomic mass is 10.1. The van der Waals surface area contributed by atoms with Crippen molar-refractivity contribution in [3.05, 3.63) is 59.2 Å². The molecule has 0 aliphatic carbocycles. The maximum Gasteiger partial charge on any atom is 0.193 e. The summed E-state index contributed by atoms with van der Waals surface area (Å²) in [5.74, 6) is 1.26. The van der Waals surface area contributed by atoms with Crippen molar-refractivity contribution in [3.8, 4) is 5.75 Å². The summed E-state index contributed by atoms with van der Waals surface area (Å²) in [5, 5.41) is 3.09. The number of hydrogen-bond acceptors (Lipinski definition) is 2. The third-order valence-corrected chi connectivity index (χ3v) is 3.41. The molecule has 116 valence electrons. The number of aryl methyl sites for hydroxylation is 3. The molecule has 0 unspecified atom stereocenters. The van der Waals surface area contributed by atoms with Crippen molar-refractivity contribution < 1.29 is 4.74 Å². The monoisotopic (exact) mass is 297 g/mol. The molecule has 0 aliphatic heterocycles. The van der Waals surface area contributed by atoms with Crippen LogP contribution in [0, 0.1) is 20.8 Å². The highest BCUT2D eigenvalue weighted by Gasteiger charge is 1.98. The van der Waals surface area contributed by atoms with Crippen LogP contribution in [0.25, 0.3) is 0 Å². The summed E-state index contributed by atoms with van der Waals surface area (Å²) in [6, 6.07) is 14.1. The van der Waals surface area contributed by atoms with Crippen LogP contribution in [0.5, 0.6) is 5.75 Å². The van der Waals surface area contributed by atoms with E-state index in [4.69, 9.17) is 10.5 Å². The highest BCUT2D eigenvalue weighted by atomic mass is 16.5. The molecule has 0 amide bonds. The quantitative estimate of drug-likeness (QED) is 0.505. The van der Waals surface area contributed by atoms with Crippen molar-refractivity contribution >= 4 is 11.6 Å². The molecule has 0 heterocycles. The second-order valence-corrected chi connectivity index (χ2v) is 5.36. The maximum atomic E-state index is 5.88. The smallest absolute Gasteiger partial charge is 0.193 e. The third-order valence-electron chi connectivity index (χ3n) is 3.41. The Balaban J connectivity index is 1.81. The topological polar surface area (TPSA) is 59.6 Å². The van der Waals surface area contributed by atoms with Gasteiger partial charge in [-0.15, -0.1) is 0 Å². The van der Waals surface area contributed by atoms with Gasteiger partial charge in [0.05, 0.1) is 6.54 Å². The Kier molecular flexibility index (Phi) is 5.42. The molecule has 2 aromatic carbocycles. The van der Waals surface area contributed by atoms with Gasteiger partial charge in [-0.05, 0) is 61.7 Å². The number of ether oxygens (including phenoxy) is 1. The van der Waals surface area contributed by atoms with Crippen molar-refractivity contribution in [1.82, 2.24) is 0 Å². The van der Waals surface area contributed by atoms with Crippen molar-refractivity contribution in [2.75, 3.05) is 18.5 Å². The van der Waals surface area contributed by atoms with E-state index in [0.29, 0.717) is 19.1 Å². The molecule has 0 spiro atoms. The van der Waals surface area contributed by atoms with Gasteiger partial charge in [0.15, 0.2) is 5.96 Å². The van der Waals surface area contributed by atoms with Crippen molar-refractivity contribution in [2.24, 2.45) is 10.7 Å². The average Bonchev–Trinajstić information content (AvgIpc) is 2.48. The molecule has 0 aliphatic rings. The minimum absolute atomic E-state index is 0.399. The summed E-state index contributed by atoms with van der Waals surface area (Å²) in [6.07, 6.45) is 0. The zero-order valence-electron chi connectivity index (χ0n) is 13.4. The van der Waals surface area contributed by atoms with Crippen LogP contribution in [0.3, 0.4) is 0 Å². The van der Waals surface area contributed by atoms with Gasteiger partial charge >= 0.3 is 0 Å². The molecule has 0 radical (unpaired) electrons. The Morgan fingerprint density at radius 3 is 2.64 bits per heavy atom. The van der Waals surface area contributed by atoms with E-state index < -0.39 is 0 Å². The van der Waals surface area contributed by atoms with E-state index in [1.54, 1.807) is 0 Å². The Labute approximate surface area is 132 Å². The lowest BCUT2D eigenvalue weighted by Gasteiger charge is -2.08. The first-order valence-corrected chi connectivity index (χ1v) is 7.38. The van der Waals surface area contributed by atoms with Crippen molar-refractivity contribution in [3.63, 3.8) is 0 Å². The fourth-order valence-electron chi connectivity index (χ4n) is 2.04. The van der Waals surface area contributed by atoms with Crippen LogP contribution in [0.2, 0.25) is 0 Å². The first kappa shape index (κ1) is 15.9. The zero-order chi connectivity index (χ0) is 15.9. The van der Waals surface area contributed by atoms with Gasteiger partial charge in [-0.25, -0.2) is 4.99 Å². The van der Waals surface area contributed by atoms with Crippen molar-refractivity contribution in [2.45, 2.75) is 20.8 Å². The number of anilines is 1. The molecule has 4 nitrogen and oxygen atoms in total. The van der Waals surface area contributed by atoms with E-state index in [1.807, 2.05) is 37.3 Å². The SMILES string of the molecule is Cc1cccc(OCCN=C(N)Nc2ccc(C)c(C)c2)c1. The molecular weight excluding hydrogens is 274 g/mol. The molecule has 3 N–H and O–H groups in total. The summed E-state index contributed by atoms with van der Waals surface area (Å²) >= 11 is 0. The first-order chi connectivity index (χ1) is 10.5. The Bertz CT molecular complexity index is 665. The van der Waals surface area contributed by atoms with Gasteiger partial charge in [-0.3, -0.25) is 0 Å². The van der Waals surface area contributed by atoms with Crippen LogP contribution in [-0.2, 0) is 0 Å². The van der Waals surface area contributed by atoms with Gasteiger partial charge in [0, 0.05) is 5.69 Å². The van der Waals surface area contributed by atoms with E-state index in [2.05, 4.69) is 36.3 Å². The highest BCUT2D eigenvalue weighted by molar-refractivity contribution is 5.92. The zero-order valence-corrected chi connectivity index (χ0v) is 13.4. The van der Waals surface area contributed by atoms with Crippen molar-refractivity contribution in [1.29, 1.82) is 0 Å². The summed E-state index contributed by atoms with van der Waals surface area (Å²) < 4.78 is 5.63. The lowest BCUT2D eigenvalue weighted by Crippen LogP contribution is -2.23. The van der Waals surface area contributed by atoms with Crippen LogP contribution >= 0.6 is 0 Å². The molecular formula is C18H23N3O. The number of guanidine groups is 1. The van der Waals surface area contributed by atoms with Crippen LogP contribution in [-0.4, -0.2) is 19.1 Å². The van der Waals surface area contributed by atoms with Crippen LogP contribution in [0.1, 0.15) is 16.7 Å². The Hall–Kier alpha value is -2.49. The molecule has 0 saturated carbocycles. The molecule has 4 heteroatoms. The number of hydrogen-bond donors (Lipinski definition) is 2. The summed E-state index contributed by atoms with van der Waals surface area (Å²) in [5.41, 5.74) is 10.5. The second-order valence-electron chi connectivity index (χ2n) is 5.36. The predicted octanol–water partition coefficient (Wildman–Crippen LogP) is 3.42. The largest absolute Gasteiger partial charge is 0.492 e. The fraction of sp³-hybridized carbons (Fsp3) is 0.278. The van der Waals surface area contributed by atoms with E-state index in [1.165, 1.54) is 16.7 Å². The second kappa shape index (κ2) is 7.50.